The van der Waals surface area contributed by atoms with Crippen LogP contribution in [-0.2, 0) is 12.8 Å². The summed E-state index contributed by atoms with van der Waals surface area (Å²) in [4.78, 5) is 18.3. The van der Waals surface area contributed by atoms with E-state index in [9.17, 15) is 4.79 Å². The van der Waals surface area contributed by atoms with Crippen molar-refractivity contribution in [3.05, 3.63) is 29.3 Å². The number of amides is 2. The highest BCUT2D eigenvalue weighted by Crippen LogP contribution is 2.27. The number of carbonyl (C=O) groups is 1. The number of nitrogens with two attached hydrogens (primary N) is 1. The van der Waals surface area contributed by atoms with Crippen LogP contribution in [-0.4, -0.2) is 25.1 Å². The molecule has 0 fully saturated rings. The molecule has 23 heavy (non-hydrogen) atoms. The molecule has 1 rings (SSSR count). The summed E-state index contributed by atoms with van der Waals surface area (Å²) in [6, 6.07) is 5.87. The van der Waals surface area contributed by atoms with E-state index in [0.717, 1.165) is 36.1 Å². The number of para-hydroxylation sites is 1. The molecular weight excluding hydrogens is 288 g/mol. The molecule has 0 spiro atoms. The van der Waals surface area contributed by atoms with E-state index < -0.39 is 0 Å². The van der Waals surface area contributed by atoms with Gasteiger partial charge >= 0.3 is 6.03 Å². The van der Waals surface area contributed by atoms with Gasteiger partial charge in [-0.3, -0.25) is 10.2 Å². The minimum atomic E-state index is -0.277. The number of rotatable bonds is 6. The fraction of sp³-hybridized carbons (Fsp3) is 0.444. The fourth-order valence-electron chi connectivity index (χ4n) is 2.45. The van der Waals surface area contributed by atoms with Crippen molar-refractivity contribution >= 4 is 17.7 Å². The van der Waals surface area contributed by atoms with Crippen molar-refractivity contribution in [3.63, 3.8) is 0 Å². The first kappa shape index (κ1) is 18.6. The molecule has 0 aliphatic heterocycles. The van der Waals surface area contributed by atoms with Crippen LogP contribution in [0.4, 0.5) is 10.5 Å². The summed E-state index contributed by atoms with van der Waals surface area (Å²) in [5, 5.41) is 2.62. The topological polar surface area (TPSA) is 70.7 Å². The highest BCUT2D eigenvalue weighted by molar-refractivity contribution is 6.04. The molecule has 0 saturated carbocycles. The smallest absolute Gasteiger partial charge is 0.328 e. The van der Waals surface area contributed by atoms with E-state index in [2.05, 4.69) is 42.2 Å². The quantitative estimate of drug-likeness (QED) is 0.481. The van der Waals surface area contributed by atoms with Gasteiger partial charge in [-0.1, -0.05) is 44.9 Å². The predicted molar refractivity (Wildman–Crippen MR) is 96.7 cm³/mol. The second-order valence-corrected chi connectivity index (χ2v) is 5.12. The number of benzene rings is 1. The molecule has 3 N–H and O–H groups in total. The monoisotopic (exact) mass is 314 g/mol. The van der Waals surface area contributed by atoms with E-state index in [-0.39, 0.29) is 18.5 Å². The first-order chi connectivity index (χ1) is 11.1. The van der Waals surface area contributed by atoms with Crippen LogP contribution < -0.4 is 16.0 Å². The molecule has 0 saturated heterocycles. The van der Waals surface area contributed by atoms with Crippen LogP contribution in [0.1, 0.15) is 38.3 Å². The number of aliphatic imine (C=N–C) groups is 1. The number of nitrogens with one attached hydrogen (secondary N) is 1. The van der Waals surface area contributed by atoms with Gasteiger partial charge < -0.3 is 5.73 Å². The largest absolute Gasteiger partial charge is 0.370 e. The Morgan fingerprint density at radius 1 is 1.30 bits per heavy atom. The maximum atomic E-state index is 12.6. The van der Waals surface area contributed by atoms with Crippen LogP contribution in [0.5, 0.6) is 0 Å². The summed E-state index contributed by atoms with van der Waals surface area (Å²) in [7, 11) is 0. The molecule has 5 nitrogen and oxygen atoms in total. The van der Waals surface area contributed by atoms with Crippen molar-refractivity contribution in [2.75, 3.05) is 18.0 Å². The number of guanidine groups is 1. The van der Waals surface area contributed by atoms with Gasteiger partial charge in [0.1, 0.15) is 6.54 Å². The molecule has 5 heteroatoms. The third-order valence-corrected chi connectivity index (χ3v) is 3.50. The van der Waals surface area contributed by atoms with E-state index in [1.165, 1.54) is 0 Å². The van der Waals surface area contributed by atoms with Crippen molar-refractivity contribution in [1.82, 2.24) is 5.32 Å². The van der Waals surface area contributed by atoms with Crippen LogP contribution in [0.2, 0.25) is 0 Å². The van der Waals surface area contributed by atoms with Crippen molar-refractivity contribution < 1.29 is 4.79 Å². The lowest BCUT2D eigenvalue weighted by atomic mass is 10.0. The SMILES string of the molecule is C#CCN=C(N)NC(=O)N(CCC)c1c(CC)cccc1CC. The second-order valence-electron chi connectivity index (χ2n) is 5.12. The third-order valence-electron chi connectivity index (χ3n) is 3.50. The van der Waals surface area contributed by atoms with Crippen LogP contribution in [0.25, 0.3) is 0 Å². The van der Waals surface area contributed by atoms with Gasteiger partial charge in [-0.05, 0) is 30.4 Å². The third kappa shape index (κ3) is 5.03. The average Bonchev–Trinajstić information content (AvgIpc) is 2.56. The minimum Gasteiger partial charge on any atom is -0.370 e. The van der Waals surface area contributed by atoms with Crippen molar-refractivity contribution in [2.24, 2.45) is 10.7 Å². The maximum absolute atomic E-state index is 12.6. The van der Waals surface area contributed by atoms with Gasteiger partial charge in [0.2, 0.25) is 0 Å². The van der Waals surface area contributed by atoms with E-state index in [1.54, 1.807) is 4.90 Å². The Kier molecular flexibility index (Phi) is 7.69. The van der Waals surface area contributed by atoms with E-state index in [4.69, 9.17) is 12.2 Å². The zero-order valence-electron chi connectivity index (χ0n) is 14.2. The van der Waals surface area contributed by atoms with Gasteiger partial charge in [0, 0.05) is 6.54 Å². The molecule has 0 aromatic heterocycles. The van der Waals surface area contributed by atoms with Crippen LogP contribution >= 0.6 is 0 Å². The molecular formula is C18H26N4O. The summed E-state index contributed by atoms with van der Waals surface area (Å²) >= 11 is 0. The number of terminal acetylenes is 1. The van der Waals surface area contributed by atoms with Gasteiger partial charge in [0.25, 0.3) is 0 Å². The minimum absolute atomic E-state index is 0.0427. The van der Waals surface area contributed by atoms with Crippen molar-refractivity contribution in [1.29, 1.82) is 0 Å². The Hall–Kier alpha value is -2.48. The van der Waals surface area contributed by atoms with E-state index in [1.807, 2.05) is 13.0 Å². The van der Waals surface area contributed by atoms with Gasteiger partial charge in [-0.15, -0.1) is 6.42 Å². The normalized spacial score (nSPS) is 11.0. The number of anilines is 1. The molecule has 0 unspecified atom stereocenters. The van der Waals surface area contributed by atoms with Crippen molar-refractivity contribution in [2.45, 2.75) is 40.0 Å². The lowest BCUT2D eigenvalue weighted by Gasteiger charge is -2.27. The number of nitrogens with zero attached hydrogens (tertiary/aromatic N) is 2. The van der Waals surface area contributed by atoms with Crippen molar-refractivity contribution in [3.8, 4) is 12.3 Å². The van der Waals surface area contributed by atoms with Crippen LogP contribution in [0.15, 0.2) is 23.2 Å². The Morgan fingerprint density at radius 3 is 2.39 bits per heavy atom. The first-order valence-corrected chi connectivity index (χ1v) is 8.01. The zero-order valence-corrected chi connectivity index (χ0v) is 14.2. The molecule has 0 bridgehead atoms. The number of aryl methyl sites for hydroxylation is 2. The van der Waals surface area contributed by atoms with Gasteiger partial charge in [-0.25, -0.2) is 9.79 Å². The number of hydrogen-bond acceptors (Lipinski definition) is 2. The summed E-state index contributed by atoms with van der Waals surface area (Å²) < 4.78 is 0. The average molecular weight is 314 g/mol. The molecule has 0 atom stereocenters. The van der Waals surface area contributed by atoms with Crippen LogP contribution in [0.3, 0.4) is 0 Å². The highest BCUT2D eigenvalue weighted by atomic mass is 16.2. The Balaban J connectivity index is 3.16. The number of urea groups is 1. The summed E-state index contributed by atoms with van der Waals surface area (Å²) in [5.41, 5.74) is 8.97. The molecule has 0 radical (unpaired) electrons. The molecule has 1 aromatic rings. The van der Waals surface area contributed by atoms with Crippen LogP contribution in [0, 0.1) is 12.3 Å². The summed E-state index contributed by atoms with van der Waals surface area (Å²) in [6.45, 7) is 6.96. The molecule has 124 valence electrons. The Bertz CT molecular complexity index is 579. The summed E-state index contributed by atoms with van der Waals surface area (Å²) in [5.74, 6) is 2.40. The molecule has 0 aliphatic carbocycles. The van der Waals surface area contributed by atoms with E-state index >= 15 is 0 Å². The first-order valence-electron chi connectivity index (χ1n) is 8.01. The molecule has 0 heterocycles. The number of hydrogen-bond donors (Lipinski definition) is 2. The number of carbonyl (C=O) groups excluding carboxylic acids is 1. The fourth-order valence-corrected chi connectivity index (χ4v) is 2.45. The van der Waals surface area contributed by atoms with Gasteiger partial charge in [0.15, 0.2) is 5.96 Å². The standard InChI is InChI=1S/C18H26N4O/c1-5-12-20-17(19)21-18(23)22(13-6-2)16-14(7-3)10-9-11-15(16)8-4/h1,9-11H,6-8,12-13H2,2-4H3,(H3,19,20,21,23). The highest BCUT2D eigenvalue weighted by Gasteiger charge is 2.20. The Morgan fingerprint density at radius 2 is 1.91 bits per heavy atom. The lowest BCUT2D eigenvalue weighted by Crippen LogP contribution is -2.47. The maximum Gasteiger partial charge on any atom is 0.328 e. The van der Waals surface area contributed by atoms with Gasteiger partial charge in [0.05, 0.1) is 5.69 Å². The Labute approximate surface area is 139 Å². The zero-order chi connectivity index (χ0) is 17.2. The predicted octanol–water partition coefficient (Wildman–Crippen LogP) is 2.69. The molecule has 1 aromatic carbocycles. The molecule has 2 amide bonds. The van der Waals surface area contributed by atoms with Gasteiger partial charge in [-0.2, -0.15) is 0 Å². The molecule has 0 aliphatic rings. The lowest BCUT2D eigenvalue weighted by molar-refractivity contribution is 0.250. The van der Waals surface area contributed by atoms with E-state index in [0.29, 0.717) is 6.54 Å². The summed E-state index contributed by atoms with van der Waals surface area (Å²) in [6.07, 6.45) is 7.71. The second kappa shape index (κ2) is 9.52.